The predicted molar refractivity (Wildman–Crippen MR) is 79.4 cm³/mol. The molecule has 0 unspecified atom stereocenters. The molecule has 0 saturated carbocycles. The number of rotatable bonds is 9. The van der Waals surface area contributed by atoms with E-state index in [9.17, 15) is 0 Å². The molecule has 0 N–H and O–H groups in total. The van der Waals surface area contributed by atoms with Crippen LogP contribution in [-0.4, -0.2) is 28.3 Å². The van der Waals surface area contributed by atoms with Gasteiger partial charge in [-0.1, -0.05) is 0 Å². The Morgan fingerprint density at radius 3 is 2.24 bits per heavy atom. The summed E-state index contributed by atoms with van der Waals surface area (Å²) in [5.74, 6) is 0.986. The van der Waals surface area contributed by atoms with Crippen molar-refractivity contribution in [3.63, 3.8) is 0 Å². The Hall–Kier alpha value is -0.181. The number of hydrogen-bond donors (Lipinski definition) is 0. The Kier molecular flexibility index (Phi) is 8.58. The van der Waals surface area contributed by atoms with Crippen LogP contribution < -0.4 is 8.32 Å². The number of methoxy groups -OCH3 is 1. The standard InChI is InChI=1S/C8H17.C7H7O.Sn.2H/c1-3-5-7-8-6-4-2;1-8-7-5-3-2-4-6-7;;;/h1,3-8H2,2H3;3-6H,1H3;;;. The first-order valence-corrected chi connectivity index (χ1v) is 11.9. The number of ether oxygens (including phenoxy) is 1. The van der Waals surface area contributed by atoms with Crippen molar-refractivity contribution in [2.24, 2.45) is 0 Å². The molecule has 0 bridgehead atoms. The summed E-state index contributed by atoms with van der Waals surface area (Å²) < 4.78 is 8.34. The summed E-state index contributed by atoms with van der Waals surface area (Å²) >= 11 is -0.663. The second-order valence-corrected chi connectivity index (χ2v) is 10.5. The van der Waals surface area contributed by atoms with Gasteiger partial charge in [-0.3, -0.25) is 0 Å². The molecule has 0 heterocycles. The second-order valence-electron chi connectivity index (χ2n) is 4.72. The van der Waals surface area contributed by atoms with Crippen LogP contribution in [0.3, 0.4) is 0 Å². The van der Waals surface area contributed by atoms with Crippen molar-refractivity contribution in [3.05, 3.63) is 24.3 Å². The molecule has 0 aromatic heterocycles. The molecule has 1 aromatic carbocycles. The van der Waals surface area contributed by atoms with Gasteiger partial charge in [-0.15, -0.1) is 0 Å². The molecule has 2 heteroatoms. The van der Waals surface area contributed by atoms with E-state index in [1.165, 1.54) is 43.0 Å². The average molecular weight is 341 g/mol. The minimum atomic E-state index is -0.663. The van der Waals surface area contributed by atoms with Crippen molar-refractivity contribution in [2.45, 2.75) is 49.9 Å². The first-order valence-electron chi connectivity index (χ1n) is 6.99. The zero-order valence-corrected chi connectivity index (χ0v) is 15.4. The first-order chi connectivity index (χ1) is 8.36. The third-order valence-corrected chi connectivity index (χ3v) is 8.66. The van der Waals surface area contributed by atoms with E-state index in [1.54, 1.807) is 10.7 Å². The minimum absolute atomic E-state index is 0.663. The molecule has 0 radical (unpaired) electrons. The second kappa shape index (κ2) is 9.81. The molecule has 0 amide bonds. The van der Waals surface area contributed by atoms with Gasteiger partial charge in [0, 0.05) is 0 Å². The van der Waals surface area contributed by atoms with Gasteiger partial charge in [0.1, 0.15) is 0 Å². The molecule has 1 rings (SSSR count). The van der Waals surface area contributed by atoms with E-state index in [-0.39, 0.29) is 0 Å². The molecular weight excluding hydrogens is 315 g/mol. The summed E-state index contributed by atoms with van der Waals surface area (Å²) in [4.78, 5) is 0. The normalized spacial score (nSPS) is 11.2. The van der Waals surface area contributed by atoms with E-state index in [4.69, 9.17) is 4.74 Å². The molecule has 0 saturated heterocycles. The SMILES string of the molecule is CCCCCCC[CH2][SnH2][c]1ccc(OC)cc1. The van der Waals surface area contributed by atoms with Crippen molar-refractivity contribution in [3.8, 4) is 5.75 Å². The average Bonchev–Trinajstić information content (AvgIpc) is 2.38. The van der Waals surface area contributed by atoms with Gasteiger partial charge in [-0.05, 0) is 0 Å². The summed E-state index contributed by atoms with van der Waals surface area (Å²) in [6, 6.07) is 8.75. The van der Waals surface area contributed by atoms with Crippen LogP contribution in [0.25, 0.3) is 0 Å². The molecule has 0 aliphatic rings. The molecular formula is C15H26OSn. The summed E-state index contributed by atoms with van der Waals surface area (Å²) in [6.07, 6.45) is 8.57. The molecule has 0 spiro atoms. The van der Waals surface area contributed by atoms with Gasteiger partial charge in [-0.25, -0.2) is 0 Å². The van der Waals surface area contributed by atoms with Crippen LogP contribution in [0.2, 0.25) is 4.44 Å². The van der Waals surface area contributed by atoms with Crippen molar-refractivity contribution < 1.29 is 4.74 Å². The van der Waals surface area contributed by atoms with Crippen LogP contribution in [0.1, 0.15) is 45.4 Å². The number of hydrogen-bond acceptors (Lipinski definition) is 1. The molecule has 96 valence electrons. The predicted octanol–water partition coefficient (Wildman–Crippen LogP) is 3.27. The molecule has 1 nitrogen and oxygen atoms in total. The number of unbranched alkanes of at least 4 members (excludes halogenated alkanes) is 5. The summed E-state index contributed by atoms with van der Waals surface area (Å²) in [6.45, 7) is 2.28. The summed E-state index contributed by atoms with van der Waals surface area (Å²) in [5, 5.41) is 0. The van der Waals surface area contributed by atoms with Gasteiger partial charge in [0.15, 0.2) is 0 Å². The fourth-order valence-electron chi connectivity index (χ4n) is 2.08. The van der Waals surface area contributed by atoms with Crippen molar-refractivity contribution in [1.29, 1.82) is 0 Å². The monoisotopic (exact) mass is 342 g/mol. The van der Waals surface area contributed by atoms with Gasteiger partial charge >= 0.3 is 116 Å². The van der Waals surface area contributed by atoms with Gasteiger partial charge in [-0.2, -0.15) is 0 Å². The van der Waals surface area contributed by atoms with E-state index in [0.29, 0.717) is 0 Å². The van der Waals surface area contributed by atoms with Gasteiger partial charge < -0.3 is 0 Å². The number of benzene rings is 1. The summed E-state index contributed by atoms with van der Waals surface area (Å²) in [5.41, 5.74) is 0. The quantitative estimate of drug-likeness (QED) is 0.495. The Balaban J connectivity index is 2.05. The molecule has 17 heavy (non-hydrogen) atoms. The van der Waals surface area contributed by atoms with Crippen LogP contribution in [-0.2, 0) is 0 Å². The van der Waals surface area contributed by atoms with E-state index >= 15 is 0 Å². The van der Waals surface area contributed by atoms with E-state index in [0.717, 1.165) is 5.75 Å². The van der Waals surface area contributed by atoms with Crippen LogP contribution >= 0.6 is 0 Å². The van der Waals surface area contributed by atoms with Gasteiger partial charge in [0.2, 0.25) is 0 Å². The molecule has 1 aromatic rings. The molecule has 0 fully saturated rings. The van der Waals surface area contributed by atoms with Crippen LogP contribution in [0.15, 0.2) is 24.3 Å². The zero-order chi connectivity index (χ0) is 12.3. The Labute approximate surface area is 116 Å². The van der Waals surface area contributed by atoms with Crippen molar-refractivity contribution in [1.82, 2.24) is 0 Å². The molecule has 0 aliphatic heterocycles. The maximum atomic E-state index is 5.17. The molecule has 0 aliphatic carbocycles. The Morgan fingerprint density at radius 1 is 0.941 bits per heavy atom. The third-order valence-electron chi connectivity index (χ3n) is 3.23. The summed E-state index contributed by atoms with van der Waals surface area (Å²) in [7, 11) is 1.73. The fourth-order valence-corrected chi connectivity index (χ4v) is 6.59. The first kappa shape index (κ1) is 14.9. The maximum absolute atomic E-state index is 5.17. The van der Waals surface area contributed by atoms with Crippen LogP contribution in [0.4, 0.5) is 0 Å². The van der Waals surface area contributed by atoms with Crippen molar-refractivity contribution >= 4 is 24.7 Å². The van der Waals surface area contributed by atoms with Gasteiger partial charge in [0.05, 0.1) is 0 Å². The van der Waals surface area contributed by atoms with E-state index in [1.807, 2.05) is 0 Å². The van der Waals surface area contributed by atoms with Crippen molar-refractivity contribution in [2.75, 3.05) is 7.11 Å². The zero-order valence-electron chi connectivity index (χ0n) is 11.4. The van der Waals surface area contributed by atoms with E-state index < -0.39 is 21.1 Å². The van der Waals surface area contributed by atoms with E-state index in [2.05, 4.69) is 31.2 Å². The Bertz CT molecular complexity index is 281. The van der Waals surface area contributed by atoms with Crippen LogP contribution in [0.5, 0.6) is 5.75 Å². The van der Waals surface area contributed by atoms with Gasteiger partial charge in [0.25, 0.3) is 0 Å². The molecule has 0 atom stereocenters. The van der Waals surface area contributed by atoms with Crippen LogP contribution in [0, 0.1) is 0 Å². The topological polar surface area (TPSA) is 9.23 Å². The third kappa shape index (κ3) is 6.97. The Morgan fingerprint density at radius 2 is 1.59 bits per heavy atom. The fraction of sp³-hybridized carbons (Fsp3) is 0.600.